The van der Waals surface area contributed by atoms with Gasteiger partial charge in [-0.2, -0.15) is 0 Å². The number of carbonyl (C=O) groups is 3. The normalized spacial score (nSPS) is 20.4. The molecule has 54 heavy (non-hydrogen) atoms. The van der Waals surface area contributed by atoms with E-state index in [2.05, 4.69) is 95.6 Å². The van der Waals surface area contributed by atoms with Crippen LogP contribution >= 0.6 is 0 Å². The first kappa shape index (κ1) is 35.8. The highest BCUT2D eigenvalue weighted by Gasteiger charge is 2.54. The average molecular weight is 730 g/mol. The Hall–Kier alpha value is -5.19. The van der Waals surface area contributed by atoms with Crippen LogP contribution in [0.3, 0.4) is 0 Å². The Balaban J connectivity index is 1.00. The fourth-order valence-electron chi connectivity index (χ4n) is 8.42. The highest BCUT2D eigenvalue weighted by Crippen LogP contribution is 2.58. The maximum atomic E-state index is 13.6. The summed E-state index contributed by atoms with van der Waals surface area (Å²) in [4.78, 5) is 59.9. The van der Waals surface area contributed by atoms with E-state index in [0.717, 1.165) is 81.6 Å². The molecule has 3 amide bonds. The third-order valence-electron chi connectivity index (χ3n) is 12.3. The molecule has 3 N–H and O–H groups in total. The number of aromatic amines is 2. The lowest BCUT2D eigenvalue weighted by molar-refractivity contribution is -0.137. The van der Waals surface area contributed by atoms with Crippen molar-refractivity contribution in [2.75, 3.05) is 20.2 Å². The number of benzene rings is 3. The van der Waals surface area contributed by atoms with Crippen LogP contribution in [-0.2, 0) is 14.3 Å². The number of H-pyrrole nitrogens is 2. The van der Waals surface area contributed by atoms with Crippen LogP contribution in [0.1, 0.15) is 90.5 Å². The van der Waals surface area contributed by atoms with E-state index in [1.54, 1.807) is 0 Å². The monoisotopic (exact) mass is 729 g/mol. The van der Waals surface area contributed by atoms with Gasteiger partial charge in [-0.05, 0) is 95.5 Å². The molecule has 4 heterocycles. The summed E-state index contributed by atoms with van der Waals surface area (Å²) < 4.78 is 4.77. The van der Waals surface area contributed by atoms with Crippen LogP contribution in [0.15, 0.2) is 60.8 Å². The smallest absolute Gasteiger partial charge is 0.407 e. The van der Waals surface area contributed by atoms with Gasteiger partial charge < -0.3 is 29.8 Å². The lowest BCUT2D eigenvalue weighted by Crippen LogP contribution is -2.51. The summed E-state index contributed by atoms with van der Waals surface area (Å²) in [6.45, 7) is 11.6. The van der Waals surface area contributed by atoms with Gasteiger partial charge >= 0.3 is 6.09 Å². The van der Waals surface area contributed by atoms with Crippen LogP contribution in [0.5, 0.6) is 0 Å². The number of carbonyl (C=O) groups excluding carboxylic acids is 3. The van der Waals surface area contributed by atoms with E-state index in [0.29, 0.717) is 12.5 Å². The first-order valence-corrected chi connectivity index (χ1v) is 19.5. The van der Waals surface area contributed by atoms with Gasteiger partial charge in [-0.1, -0.05) is 65.0 Å². The van der Waals surface area contributed by atoms with E-state index in [1.807, 2.05) is 24.9 Å². The first-order valence-electron chi connectivity index (χ1n) is 19.5. The van der Waals surface area contributed by atoms with Crippen molar-refractivity contribution < 1.29 is 19.1 Å². The second kappa shape index (κ2) is 13.9. The molecule has 3 aromatic carbocycles. The van der Waals surface area contributed by atoms with E-state index in [9.17, 15) is 14.4 Å². The number of rotatable bonds is 9. The number of imidazole rings is 2. The second-order valence-corrected chi connectivity index (χ2v) is 16.6. The number of likely N-dealkylation sites (tertiary alicyclic amines) is 2. The lowest BCUT2D eigenvalue weighted by Gasteiger charge is -2.30. The molecule has 2 aromatic heterocycles. The van der Waals surface area contributed by atoms with Crippen molar-refractivity contribution >= 4 is 39.7 Å². The molecule has 1 aliphatic carbocycles. The number of alkyl carbamates (subject to hydrolysis) is 1. The van der Waals surface area contributed by atoms with Gasteiger partial charge in [-0.3, -0.25) is 9.59 Å². The van der Waals surface area contributed by atoms with Gasteiger partial charge in [-0.25, -0.2) is 14.8 Å². The standard InChI is InChI=1S/C43H51N7O4/c1-24(2)26(5)40(51)50-23-43(15-16-43)21-36(50)39-45-32-14-13-30(20-33(32)46-39)28-9-10-29-19-31(12-11-27(29)18-28)34-22-44-38(47-34)35-8-7-17-49(35)41(52)37(25(3)4)48-42(53)54-6/h9-14,18-20,22,24-26,35-37H,7-8,15-17,21,23H2,1-6H3,(H,44,47)(H,45,46)(H,48,53)/t26-,35-,36-,37-/m0/s1. The van der Waals surface area contributed by atoms with Gasteiger partial charge in [-0.15, -0.1) is 0 Å². The van der Waals surface area contributed by atoms with Crippen molar-refractivity contribution in [2.45, 2.75) is 84.8 Å². The van der Waals surface area contributed by atoms with Crippen molar-refractivity contribution in [1.29, 1.82) is 0 Å². The van der Waals surface area contributed by atoms with Crippen LogP contribution in [-0.4, -0.2) is 73.9 Å². The summed E-state index contributed by atoms with van der Waals surface area (Å²) in [6.07, 6.45) is 6.25. The molecule has 282 valence electrons. The van der Waals surface area contributed by atoms with Gasteiger partial charge in [0.25, 0.3) is 0 Å². The van der Waals surface area contributed by atoms with Crippen LogP contribution in [0.4, 0.5) is 4.79 Å². The fourth-order valence-corrected chi connectivity index (χ4v) is 8.42. The van der Waals surface area contributed by atoms with Gasteiger partial charge in [0.2, 0.25) is 11.8 Å². The number of aromatic nitrogens is 4. The predicted molar refractivity (Wildman–Crippen MR) is 209 cm³/mol. The molecule has 3 fully saturated rings. The lowest BCUT2D eigenvalue weighted by atomic mass is 9.96. The largest absolute Gasteiger partial charge is 0.453 e. The number of fused-ring (bicyclic) bond motifs is 2. The van der Waals surface area contributed by atoms with Gasteiger partial charge in [0, 0.05) is 24.6 Å². The first-order chi connectivity index (χ1) is 25.9. The number of amides is 3. The molecule has 0 unspecified atom stereocenters. The van der Waals surface area contributed by atoms with E-state index >= 15 is 0 Å². The van der Waals surface area contributed by atoms with Crippen molar-refractivity contribution in [3.05, 3.63) is 72.4 Å². The summed E-state index contributed by atoms with van der Waals surface area (Å²) >= 11 is 0. The van der Waals surface area contributed by atoms with Gasteiger partial charge in [0.1, 0.15) is 17.7 Å². The molecular weight excluding hydrogens is 679 g/mol. The Kier molecular flexibility index (Phi) is 9.22. The van der Waals surface area contributed by atoms with E-state index in [-0.39, 0.29) is 41.1 Å². The number of methoxy groups -OCH3 is 1. The zero-order chi connectivity index (χ0) is 37.9. The van der Waals surface area contributed by atoms with Crippen LogP contribution in [0.25, 0.3) is 44.2 Å². The third kappa shape index (κ3) is 6.62. The number of ether oxygens (including phenoxy) is 1. The molecule has 2 saturated heterocycles. The highest BCUT2D eigenvalue weighted by atomic mass is 16.5. The molecule has 1 saturated carbocycles. The molecule has 3 aliphatic rings. The SMILES string of the molecule is COC(=O)N[C@H](C(=O)N1CCC[C@H]1c1ncc(-c2ccc3cc(-c4ccc5nc([C@@H]6CC7(CC7)CN6C(=O)[C@@H](C)C(C)C)[nH]c5c4)ccc3c2)[nH]1)C(C)C. The Morgan fingerprint density at radius 3 is 2.24 bits per heavy atom. The minimum absolute atomic E-state index is 0.00924. The Bertz CT molecular complexity index is 2230. The maximum Gasteiger partial charge on any atom is 0.407 e. The highest BCUT2D eigenvalue weighted by molar-refractivity contribution is 5.92. The van der Waals surface area contributed by atoms with E-state index < -0.39 is 12.1 Å². The van der Waals surface area contributed by atoms with Crippen LogP contribution in [0, 0.1) is 23.2 Å². The molecule has 1 spiro atoms. The van der Waals surface area contributed by atoms with Gasteiger partial charge in [0.15, 0.2) is 0 Å². The van der Waals surface area contributed by atoms with Crippen molar-refractivity contribution in [1.82, 2.24) is 35.1 Å². The summed E-state index contributed by atoms with van der Waals surface area (Å²) in [5, 5.41) is 4.95. The van der Waals surface area contributed by atoms with Gasteiger partial charge in [0.05, 0.1) is 42.1 Å². The minimum Gasteiger partial charge on any atom is -0.453 e. The van der Waals surface area contributed by atoms with E-state index in [1.165, 1.54) is 20.0 Å². The quantitative estimate of drug-likeness (QED) is 0.140. The molecule has 11 heteroatoms. The van der Waals surface area contributed by atoms with Crippen LogP contribution < -0.4 is 5.32 Å². The zero-order valence-corrected chi connectivity index (χ0v) is 32.1. The second-order valence-electron chi connectivity index (χ2n) is 16.6. The average Bonchev–Trinajstić information content (AvgIpc) is 3.66. The molecule has 0 bridgehead atoms. The summed E-state index contributed by atoms with van der Waals surface area (Å²) in [7, 11) is 1.30. The third-order valence-corrected chi connectivity index (χ3v) is 12.3. The van der Waals surface area contributed by atoms with Crippen molar-refractivity contribution in [3.8, 4) is 22.4 Å². The number of hydrogen-bond donors (Lipinski definition) is 3. The topological polar surface area (TPSA) is 136 Å². The molecular formula is C43H51N7O4. The predicted octanol–water partition coefficient (Wildman–Crippen LogP) is 8.16. The van der Waals surface area contributed by atoms with Crippen LogP contribution in [0.2, 0.25) is 0 Å². The van der Waals surface area contributed by atoms with E-state index in [4.69, 9.17) is 14.7 Å². The summed E-state index contributed by atoms with van der Waals surface area (Å²) in [5.74, 6) is 1.95. The Labute approximate surface area is 316 Å². The Morgan fingerprint density at radius 2 is 1.54 bits per heavy atom. The molecule has 4 atom stereocenters. The maximum absolute atomic E-state index is 13.6. The fraction of sp³-hybridized carbons (Fsp3) is 0.465. The molecule has 11 nitrogen and oxygen atoms in total. The number of nitrogens with one attached hydrogen (secondary N) is 3. The van der Waals surface area contributed by atoms with Crippen molar-refractivity contribution in [2.24, 2.45) is 23.2 Å². The molecule has 8 rings (SSSR count). The molecule has 2 aliphatic heterocycles. The minimum atomic E-state index is -0.676. The zero-order valence-electron chi connectivity index (χ0n) is 32.1. The number of hydrogen-bond acceptors (Lipinski definition) is 6. The molecule has 5 aromatic rings. The van der Waals surface area contributed by atoms with Crippen molar-refractivity contribution in [3.63, 3.8) is 0 Å². The number of nitrogens with zero attached hydrogens (tertiary/aromatic N) is 4. The summed E-state index contributed by atoms with van der Waals surface area (Å²) in [5.41, 5.74) is 6.29. The summed E-state index contributed by atoms with van der Waals surface area (Å²) in [6, 6.07) is 18.4. The molecule has 0 radical (unpaired) electrons. The Morgan fingerprint density at radius 1 is 0.833 bits per heavy atom.